The Balaban J connectivity index is 2.29. The van der Waals surface area contributed by atoms with Crippen molar-refractivity contribution in [1.82, 2.24) is 5.32 Å². The van der Waals surface area contributed by atoms with Gasteiger partial charge in [-0.05, 0) is 31.0 Å². The van der Waals surface area contributed by atoms with Crippen LogP contribution in [0.4, 0.5) is 0 Å². The third kappa shape index (κ3) is 8.33. The van der Waals surface area contributed by atoms with Gasteiger partial charge in [0.1, 0.15) is 0 Å². The quantitative estimate of drug-likeness (QED) is 0.331. The fourth-order valence-corrected chi connectivity index (χ4v) is 2.28. The minimum atomic E-state index is 0.147. The molecule has 23 heavy (non-hydrogen) atoms. The highest BCUT2D eigenvalue weighted by Gasteiger charge is 2.03. The zero-order valence-corrected chi connectivity index (χ0v) is 14.5. The van der Waals surface area contributed by atoms with Crippen LogP contribution in [0.3, 0.4) is 0 Å². The van der Waals surface area contributed by atoms with E-state index in [2.05, 4.69) is 17.2 Å². The van der Waals surface area contributed by atoms with Crippen molar-refractivity contribution in [3.63, 3.8) is 0 Å². The molecule has 0 spiro atoms. The number of phenolic OH excluding ortho intramolecular Hbond substituents is 1. The SMILES string of the molecule is CCCCCCCCNC(N)=NCc1ccc(O)c(OCC)c1. The van der Waals surface area contributed by atoms with Crippen molar-refractivity contribution in [3.8, 4) is 11.5 Å². The summed E-state index contributed by atoms with van der Waals surface area (Å²) in [6, 6.07) is 5.24. The van der Waals surface area contributed by atoms with Gasteiger partial charge >= 0.3 is 0 Å². The molecule has 0 bridgehead atoms. The van der Waals surface area contributed by atoms with Crippen molar-refractivity contribution in [2.24, 2.45) is 10.7 Å². The van der Waals surface area contributed by atoms with E-state index in [-0.39, 0.29) is 5.75 Å². The predicted octanol–water partition coefficient (Wildman–Crippen LogP) is 3.56. The number of hydrogen-bond acceptors (Lipinski definition) is 3. The maximum Gasteiger partial charge on any atom is 0.188 e. The number of unbranched alkanes of at least 4 members (excludes halogenated alkanes) is 5. The van der Waals surface area contributed by atoms with Crippen molar-refractivity contribution in [3.05, 3.63) is 23.8 Å². The van der Waals surface area contributed by atoms with Crippen LogP contribution in [0, 0.1) is 0 Å². The van der Waals surface area contributed by atoms with Crippen molar-refractivity contribution < 1.29 is 9.84 Å². The van der Waals surface area contributed by atoms with Gasteiger partial charge in [-0.2, -0.15) is 0 Å². The average molecular weight is 321 g/mol. The topological polar surface area (TPSA) is 79.9 Å². The zero-order chi connectivity index (χ0) is 16.9. The maximum absolute atomic E-state index is 9.67. The van der Waals surface area contributed by atoms with Gasteiger partial charge in [-0.3, -0.25) is 0 Å². The van der Waals surface area contributed by atoms with Crippen LogP contribution in [0.1, 0.15) is 57.9 Å². The second-order valence-electron chi connectivity index (χ2n) is 5.63. The van der Waals surface area contributed by atoms with Gasteiger partial charge in [0.15, 0.2) is 17.5 Å². The molecule has 5 nitrogen and oxygen atoms in total. The second kappa shape index (κ2) is 11.6. The molecule has 0 aliphatic rings. The van der Waals surface area contributed by atoms with Crippen molar-refractivity contribution in [2.75, 3.05) is 13.2 Å². The summed E-state index contributed by atoms with van der Waals surface area (Å²) in [5.41, 5.74) is 6.82. The number of aromatic hydroxyl groups is 1. The van der Waals surface area contributed by atoms with E-state index in [1.165, 1.54) is 32.1 Å². The Labute approximate surface area is 140 Å². The summed E-state index contributed by atoms with van der Waals surface area (Å²) < 4.78 is 5.36. The average Bonchev–Trinajstić information content (AvgIpc) is 2.55. The first-order chi connectivity index (χ1) is 11.2. The lowest BCUT2D eigenvalue weighted by Gasteiger charge is -2.08. The number of nitrogens with one attached hydrogen (secondary N) is 1. The molecule has 1 aromatic rings. The molecular weight excluding hydrogens is 290 g/mol. The monoisotopic (exact) mass is 321 g/mol. The van der Waals surface area contributed by atoms with Crippen LogP contribution in [0.25, 0.3) is 0 Å². The van der Waals surface area contributed by atoms with Crippen LogP contribution >= 0.6 is 0 Å². The second-order valence-corrected chi connectivity index (χ2v) is 5.63. The van der Waals surface area contributed by atoms with E-state index in [4.69, 9.17) is 10.5 Å². The first-order valence-corrected chi connectivity index (χ1v) is 8.65. The lowest BCUT2D eigenvalue weighted by atomic mass is 10.1. The summed E-state index contributed by atoms with van der Waals surface area (Å²) >= 11 is 0. The minimum Gasteiger partial charge on any atom is -0.504 e. The normalized spacial score (nSPS) is 11.5. The molecule has 0 atom stereocenters. The first kappa shape index (κ1) is 19.1. The Morgan fingerprint density at radius 3 is 2.65 bits per heavy atom. The van der Waals surface area contributed by atoms with E-state index in [9.17, 15) is 5.11 Å². The number of hydrogen-bond donors (Lipinski definition) is 3. The van der Waals surface area contributed by atoms with Crippen molar-refractivity contribution >= 4 is 5.96 Å². The Kier molecular flexibility index (Phi) is 9.68. The molecule has 0 heterocycles. The highest BCUT2D eigenvalue weighted by atomic mass is 16.5. The molecule has 1 rings (SSSR count). The van der Waals surface area contributed by atoms with Crippen LogP contribution in [0.2, 0.25) is 0 Å². The lowest BCUT2D eigenvalue weighted by molar-refractivity contribution is 0.318. The van der Waals surface area contributed by atoms with E-state index in [1.807, 2.05) is 13.0 Å². The van der Waals surface area contributed by atoms with Crippen LogP contribution in [-0.2, 0) is 6.54 Å². The molecular formula is C18H31N3O2. The number of rotatable bonds is 11. The largest absolute Gasteiger partial charge is 0.504 e. The van der Waals surface area contributed by atoms with Gasteiger partial charge in [0.25, 0.3) is 0 Å². The molecule has 0 aromatic heterocycles. The molecule has 0 radical (unpaired) electrons. The fraction of sp³-hybridized carbons (Fsp3) is 0.611. The van der Waals surface area contributed by atoms with Crippen LogP contribution < -0.4 is 15.8 Å². The molecule has 130 valence electrons. The molecule has 4 N–H and O–H groups in total. The van der Waals surface area contributed by atoms with Crippen molar-refractivity contribution in [2.45, 2.75) is 58.9 Å². The van der Waals surface area contributed by atoms with Crippen molar-refractivity contribution in [1.29, 1.82) is 0 Å². The van der Waals surface area contributed by atoms with E-state index < -0.39 is 0 Å². The van der Waals surface area contributed by atoms with E-state index >= 15 is 0 Å². The Morgan fingerprint density at radius 2 is 1.91 bits per heavy atom. The summed E-state index contributed by atoms with van der Waals surface area (Å²) in [7, 11) is 0. The summed E-state index contributed by atoms with van der Waals surface area (Å²) in [5.74, 6) is 1.09. The number of nitrogens with two attached hydrogens (primary N) is 1. The van der Waals surface area contributed by atoms with Crippen LogP contribution in [0.5, 0.6) is 11.5 Å². The Hall–Kier alpha value is -1.91. The molecule has 0 aliphatic carbocycles. The van der Waals surface area contributed by atoms with Gasteiger partial charge in [-0.1, -0.05) is 45.1 Å². The number of guanidine groups is 1. The lowest BCUT2D eigenvalue weighted by Crippen LogP contribution is -2.32. The van der Waals surface area contributed by atoms with Gasteiger partial charge in [-0.15, -0.1) is 0 Å². The van der Waals surface area contributed by atoms with Gasteiger partial charge in [0, 0.05) is 6.54 Å². The summed E-state index contributed by atoms with van der Waals surface area (Å²) in [4.78, 5) is 4.32. The van der Waals surface area contributed by atoms with E-state index in [1.54, 1.807) is 12.1 Å². The number of nitrogens with zero attached hydrogens (tertiary/aromatic N) is 1. The Bertz CT molecular complexity index is 475. The Morgan fingerprint density at radius 1 is 1.17 bits per heavy atom. The molecule has 0 unspecified atom stereocenters. The third-order valence-electron chi connectivity index (χ3n) is 3.59. The van der Waals surface area contributed by atoms with E-state index in [0.717, 1.165) is 18.5 Å². The smallest absolute Gasteiger partial charge is 0.188 e. The van der Waals surface area contributed by atoms with Crippen LogP contribution in [-0.4, -0.2) is 24.2 Å². The number of aliphatic imine (C=N–C) groups is 1. The molecule has 0 aliphatic heterocycles. The zero-order valence-electron chi connectivity index (χ0n) is 14.5. The van der Waals surface area contributed by atoms with Gasteiger partial charge in [0.05, 0.1) is 13.2 Å². The van der Waals surface area contributed by atoms with Crippen LogP contribution in [0.15, 0.2) is 23.2 Å². The number of phenols is 1. The highest BCUT2D eigenvalue weighted by Crippen LogP contribution is 2.26. The summed E-state index contributed by atoms with van der Waals surface area (Å²) in [5, 5.41) is 12.8. The van der Waals surface area contributed by atoms with Gasteiger partial charge in [-0.25, -0.2) is 4.99 Å². The third-order valence-corrected chi connectivity index (χ3v) is 3.59. The van der Waals surface area contributed by atoms with Gasteiger partial charge < -0.3 is 20.9 Å². The molecule has 1 aromatic carbocycles. The maximum atomic E-state index is 9.67. The summed E-state index contributed by atoms with van der Waals surface area (Å²) in [6.45, 7) is 5.96. The number of benzene rings is 1. The molecule has 5 heteroatoms. The van der Waals surface area contributed by atoms with E-state index in [0.29, 0.717) is 24.9 Å². The molecule has 0 amide bonds. The first-order valence-electron chi connectivity index (χ1n) is 8.65. The number of ether oxygens (including phenoxy) is 1. The molecule has 0 fully saturated rings. The highest BCUT2D eigenvalue weighted by molar-refractivity contribution is 5.77. The molecule has 0 saturated heterocycles. The predicted molar refractivity (Wildman–Crippen MR) is 96.0 cm³/mol. The fourth-order valence-electron chi connectivity index (χ4n) is 2.28. The summed E-state index contributed by atoms with van der Waals surface area (Å²) in [6.07, 6.45) is 7.57. The minimum absolute atomic E-state index is 0.147. The van der Waals surface area contributed by atoms with Gasteiger partial charge in [0.2, 0.25) is 0 Å². The standard InChI is InChI=1S/C18H31N3O2/c1-3-5-6-7-8-9-12-20-18(19)21-14-15-10-11-16(22)17(13-15)23-4-2/h10-11,13,22H,3-9,12,14H2,1-2H3,(H3,19,20,21). The molecule has 0 saturated carbocycles.